The van der Waals surface area contributed by atoms with E-state index in [1.165, 1.54) is 11.8 Å². The lowest BCUT2D eigenvalue weighted by Gasteiger charge is -2.33. The number of carboxylic acid groups (broad SMARTS) is 2. The fraction of sp³-hybridized carbons (Fsp3) is 0.333. The number of furan rings is 1. The zero-order valence-corrected chi connectivity index (χ0v) is 21.6. The summed E-state index contributed by atoms with van der Waals surface area (Å²) in [7, 11) is 1.75. The largest absolute Gasteiger partial charge is 0.479 e. The van der Waals surface area contributed by atoms with E-state index in [-0.39, 0.29) is 28.8 Å². The van der Waals surface area contributed by atoms with Crippen molar-refractivity contribution in [3.05, 3.63) is 64.2 Å². The number of aryl methyl sites for hydroxylation is 1. The maximum absolute atomic E-state index is 12.8. The molecule has 0 aliphatic carbocycles. The van der Waals surface area contributed by atoms with Gasteiger partial charge in [0.2, 0.25) is 5.22 Å². The molecule has 204 valence electrons. The summed E-state index contributed by atoms with van der Waals surface area (Å²) in [5, 5.41) is 43.6. The average Bonchev–Trinajstić information content (AvgIpc) is 3.44. The van der Waals surface area contributed by atoms with Gasteiger partial charge in [0.05, 0.1) is 22.5 Å². The van der Waals surface area contributed by atoms with Gasteiger partial charge in [-0.3, -0.25) is 9.48 Å². The topological polar surface area (TPSA) is 187 Å². The van der Waals surface area contributed by atoms with Gasteiger partial charge in [-0.05, 0) is 30.1 Å². The highest BCUT2D eigenvalue weighted by molar-refractivity contribution is 6.35. The number of aromatic nitrogens is 2. The van der Waals surface area contributed by atoms with E-state index >= 15 is 0 Å². The van der Waals surface area contributed by atoms with Gasteiger partial charge in [0.25, 0.3) is 5.91 Å². The number of rotatable bonds is 7. The monoisotopic (exact) mass is 568 g/mol. The maximum Gasteiger partial charge on any atom is 0.335 e. The molecule has 1 saturated heterocycles. The summed E-state index contributed by atoms with van der Waals surface area (Å²) in [6, 6.07) is 11.8. The number of nitrogens with zero attached hydrogens (tertiary/aromatic N) is 2. The molecule has 0 bridgehead atoms. The number of benzene rings is 1. The first-order valence-electron chi connectivity index (χ1n) is 11.4. The zero-order valence-electron chi connectivity index (χ0n) is 20.0. The minimum absolute atomic E-state index is 0.0451. The fourth-order valence-electron chi connectivity index (χ4n) is 3.97. The number of piperidine rings is 1. The Morgan fingerprint density at radius 3 is 2.32 bits per heavy atom. The number of carbonyl (C=O) groups excluding carboxylic acids is 1. The first kappa shape index (κ1) is 29.1. The third kappa shape index (κ3) is 6.91. The lowest BCUT2D eigenvalue weighted by Crippen LogP contribution is -2.49. The van der Waals surface area contributed by atoms with Crippen molar-refractivity contribution in [2.75, 3.05) is 13.1 Å². The lowest BCUT2D eigenvalue weighted by molar-refractivity contribution is -0.165. The molecular weight excluding hydrogens is 543 g/mol. The van der Waals surface area contributed by atoms with Crippen LogP contribution in [0.25, 0.3) is 11.3 Å². The Labute approximate surface area is 226 Å². The van der Waals surface area contributed by atoms with Crippen LogP contribution >= 0.6 is 23.2 Å². The van der Waals surface area contributed by atoms with Crippen LogP contribution in [-0.4, -0.2) is 79.4 Å². The predicted molar refractivity (Wildman–Crippen MR) is 136 cm³/mol. The lowest BCUT2D eigenvalue weighted by atomic mass is 9.86. The molecule has 1 aliphatic rings. The SMILES string of the molecule is Cn1ncc(Cl)c1-c1cc(C(=O)NC2CNCCC2c2ccccc2)oc1Cl.O=C(O)[C@H](O)[C@@H](O)C(=O)O. The van der Waals surface area contributed by atoms with Crippen LogP contribution in [0.3, 0.4) is 0 Å². The van der Waals surface area contributed by atoms with Gasteiger partial charge in [-0.1, -0.05) is 41.9 Å². The van der Waals surface area contributed by atoms with Crippen LogP contribution in [0.5, 0.6) is 0 Å². The molecule has 4 atom stereocenters. The van der Waals surface area contributed by atoms with E-state index in [0.29, 0.717) is 22.8 Å². The molecule has 3 aromatic rings. The van der Waals surface area contributed by atoms with Gasteiger partial charge < -0.3 is 35.5 Å². The van der Waals surface area contributed by atoms with E-state index in [1.54, 1.807) is 17.8 Å². The Morgan fingerprint density at radius 2 is 1.76 bits per heavy atom. The van der Waals surface area contributed by atoms with E-state index in [1.807, 2.05) is 18.2 Å². The summed E-state index contributed by atoms with van der Waals surface area (Å²) in [5.41, 5.74) is 2.36. The normalized spacial score (nSPS) is 18.6. The van der Waals surface area contributed by atoms with Gasteiger partial charge in [0.15, 0.2) is 18.0 Å². The molecule has 0 radical (unpaired) electrons. The van der Waals surface area contributed by atoms with Crippen molar-refractivity contribution >= 4 is 41.0 Å². The van der Waals surface area contributed by atoms with Crippen molar-refractivity contribution in [2.24, 2.45) is 7.05 Å². The van der Waals surface area contributed by atoms with E-state index in [2.05, 4.69) is 27.9 Å². The van der Waals surface area contributed by atoms with Crippen LogP contribution in [-0.2, 0) is 16.6 Å². The number of aliphatic hydroxyl groups excluding tert-OH is 2. The molecule has 2 unspecified atom stereocenters. The van der Waals surface area contributed by atoms with Crippen LogP contribution in [0.4, 0.5) is 0 Å². The number of carboxylic acids is 2. The summed E-state index contributed by atoms with van der Waals surface area (Å²) in [5.74, 6) is -3.46. The highest BCUT2D eigenvalue weighted by Crippen LogP contribution is 2.35. The Bertz CT molecular complexity index is 1240. The van der Waals surface area contributed by atoms with E-state index in [0.717, 1.165) is 13.0 Å². The molecule has 0 saturated carbocycles. The average molecular weight is 569 g/mol. The molecule has 1 aliphatic heterocycles. The van der Waals surface area contributed by atoms with Crippen LogP contribution in [0, 0.1) is 0 Å². The summed E-state index contributed by atoms with van der Waals surface area (Å²) in [6.45, 7) is 1.61. The first-order valence-corrected chi connectivity index (χ1v) is 12.1. The van der Waals surface area contributed by atoms with Crippen molar-refractivity contribution < 1.29 is 39.2 Å². The summed E-state index contributed by atoms with van der Waals surface area (Å²) < 4.78 is 7.12. The molecule has 1 fully saturated rings. The number of halogens is 2. The molecule has 38 heavy (non-hydrogen) atoms. The number of hydrogen-bond donors (Lipinski definition) is 6. The number of hydrogen-bond acceptors (Lipinski definition) is 8. The van der Waals surface area contributed by atoms with Gasteiger partial charge >= 0.3 is 11.9 Å². The Balaban J connectivity index is 0.000000342. The number of aliphatic hydroxyl groups is 2. The standard InChI is InChI=1S/C20H20Cl2N4O2.C4H6O6/c1-26-18(15(21)10-24-26)14-9-17(28-19(14)22)20(27)25-16-11-23-8-7-13(16)12-5-3-2-4-6-12;5-1(3(7)8)2(6)4(9)10/h2-6,9-10,13,16,23H,7-8,11H2,1H3,(H,25,27);1-2,5-6H,(H,7,8)(H,9,10)/t;1-,2-/m.1/s1. The van der Waals surface area contributed by atoms with Gasteiger partial charge in [-0.25, -0.2) is 9.59 Å². The first-order chi connectivity index (χ1) is 18.0. The molecule has 0 spiro atoms. The van der Waals surface area contributed by atoms with Crippen LogP contribution in [0.2, 0.25) is 10.2 Å². The quantitative estimate of drug-likeness (QED) is 0.245. The van der Waals surface area contributed by atoms with Crippen molar-refractivity contribution in [3.63, 3.8) is 0 Å². The van der Waals surface area contributed by atoms with Gasteiger partial charge in [-0.2, -0.15) is 5.10 Å². The molecule has 1 aromatic carbocycles. The molecule has 3 heterocycles. The summed E-state index contributed by atoms with van der Waals surface area (Å²) in [4.78, 5) is 32.4. The Kier molecular flexibility index (Phi) is 9.89. The third-order valence-electron chi connectivity index (χ3n) is 5.89. The van der Waals surface area contributed by atoms with Crippen molar-refractivity contribution in [3.8, 4) is 11.3 Å². The summed E-state index contributed by atoms with van der Waals surface area (Å²) >= 11 is 12.4. The molecule has 2 aromatic heterocycles. The molecule has 4 rings (SSSR count). The van der Waals surface area contributed by atoms with Crippen LogP contribution in [0.1, 0.15) is 28.5 Å². The number of aliphatic carboxylic acids is 2. The number of amides is 1. The smallest absolute Gasteiger partial charge is 0.335 e. The van der Waals surface area contributed by atoms with E-state index < -0.39 is 24.1 Å². The second kappa shape index (κ2) is 12.9. The van der Waals surface area contributed by atoms with Gasteiger partial charge in [-0.15, -0.1) is 0 Å². The molecule has 6 N–H and O–H groups in total. The van der Waals surface area contributed by atoms with Crippen molar-refractivity contribution in [1.82, 2.24) is 20.4 Å². The minimum atomic E-state index is -2.27. The fourth-order valence-corrected chi connectivity index (χ4v) is 4.47. The minimum Gasteiger partial charge on any atom is -0.479 e. The Morgan fingerprint density at radius 1 is 1.13 bits per heavy atom. The predicted octanol–water partition coefficient (Wildman–Crippen LogP) is 1.74. The second-order valence-corrected chi connectivity index (χ2v) is 9.17. The van der Waals surface area contributed by atoms with Gasteiger partial charge in [0, 0.05) is 31.6 Å². The highest BCUT2D eigenvalue weighted by Gasteiger charge is 2.30. The molecule has 12 nitrogen and oxygen atoms in total. The van der Waals surface area contributed by atoms with Crippen molar-refractivity contribution in [1.29, 1.82) is 0 Å². The number of carbonyl (C=O) groups is 3. The van der Waals surface area contributed by atoms with Gasteiger partial charge in [0.1, 0.15) is 0 Å². The highest BCUT2D eigenvalue weighted by atomic mass is 35.5. The Hall–Kier alpha value is -3.42. The second-order valence-electron chi connectivity index (χ2n) is 8.42. The third-order valence-corrected chi connectivity index (χ3v) is 6.45. The molecule has 14 heteroatoms. The molecule has 1 amide bonds. The van der Waals surface area contributed by atoms with Crippen molar-refractivity contribution in [2.45, 2.75) is 30.6 Å². The van der Waals surface area contributed by atoms with E-state index in [4.69, 9.17) is 48.0 Å². The number of nitrogens with one attached hydrogen (secondary N) is 2. The molecular formula is C24H26Cl2N4O8. The van der Waals surface area contributed by atoms with Crippen LogP contribution < -0.4 is 10.6 Å². The van der Waals surface area contributed by atoms with Crippen LogP contribution in [0.15, 0.2) is 47.0 Å². The summed E-state index contributed by atoms with van der Waals surface area (Å²) in [6.07, 6.45) is -2.06. The zero-order chi connectivity index (χ0) is 28.0. The van der Waals surface area contributed by atoms with E-state index in [9.17, 15) is 14.4 Å². The maximum atomic E-state index is 12.8.